The molecule has 0 unspecified atom stereocenters. The number of hydrogen-bond acceptors (Lipinski definition) is 2. The number of alkyl halides is 5. The lowest BCUT2D eigenvalue weighted by Crippen LogP contribution is -2.17. The molecule has 0 radical (unpaired) electrons. The molecule has 0 bridgehead atoms. The van der Waals surface area contributed by atoms with Gasteiger partial charge in [0.25, 0.3) is 6.43 Å². The number of rotatable bonds is 2. The maximum atomic E-state index is 13.0. The summed E-state index contributed by atoms with van der Waals surface area (Å²) in [5.41, 5.74) is -5.40. The zero-order valence-electron chi connectivity index (χ0n) is 7.73. The normalized spacial score (nSPS) is 11.9. The number of aromatic nitrogens is 1. The van der Waals surface area contributed by atoms with Crippen LogP contribution < -0.4 is 0 Å². The first-order chi connectivity index (χ1) is 7.64. The zero-order chi connectivity index (χ0) is 13.4. The lowest BCUT2D eigenvalue weighted by atomic mass is 10.1. The minimum absolute atomic E-state index is 0.0585. The number of carbonyl (C=O) groups is 1. The van der Waals surface area contributed by atoms with Crippen molar-refractivity contribution in [1.29, 1.82) is 0 Å². The lowest BCUT2D eigenvalue weighted by molar-refractivity contribution is -0.142. The van der Waals surface area contributed by atoms with Crippen LogP contribution in [-0.2, 0) is 6.18 Å². The summed E-state index contributed by atoms with van der Waals surface area (Å²) in [6, 6.07) is -0.0585. The second-order valence-electron chi connectivity index (χ2n) is 2.85. The van der Waals surface area contributed by atoms with Crippen LogP contribution in [0.3, 0.4) is 0 Å². The Morgan fingerprint density at radius 1 is 1.35 bits per heavy atom. The Hall–Kier alpha value is -1.80. The summed E-state index contributed by atoms with van der Waals surface area (Å²) in [5.74, 6) is -4.00. The molecule has 1 heterocycles. The van der Waals surface area contributed by atoms with E-state index in [0.717, 1.165) is 0 Å². The fourth-order valence-corrected chi connectivity index (χ4v) is 1.08. The Morgan fingerprint density at radius 2 is 1.88 bits per heavy atom. The molecule has 17 heavy (non-hydrogen) atoms. The molecule has 9 heteroatoms. The second kappa shape index (κ2) is 4.22. The van der Waals surface area contributed by atoms with Crippen LogP contribution in [0, 0.1) is 5.82 Å². The number of carboxylic acid groups (broad SMARTS) is 1. The number of nitrogens with zero attached hydrogens (tertiary/aromatic N) is 1. The van der Waals surface area contributed by atoms with E-state index in [4.69, 9.17) is 5.11 Å². The molecular weight excluding hydrogens is 256 g/mol. The van der Waals surface area contributed by atoms with Gasteiger partial charge in [-0.3, -0.25) is 0 Å². The van der Waals surface area contributed by atoms with Gasteiger partial charge in [0.1, 0.15) is 17.1 Å². The van der Waals surface area contributed by atoms with Gasteiger partial charge in [-0.15, -0.1) is 0 Å². The van der Waals surface area contributed by atoms with Gasteiger partial charge in [0.2, 0.25) is 0 Å². The first kappa shape index (κ1) is 13.3. The maximum Gasteiger partial charge on any atom is 0.421 e. The van der Waals surface area contributed by atoms with E-state index in [1.165, 1.54) is 0 Å². The molecule has 0 aromatic carbocycles. The fraction of sp³-hybridized carbons (Fsp3) is 0.250. The quantitative estimate of drug-likeness (QED) is 0.831. The van der Waals surface area contributed by atoms with Crippen LogP contribution in [0.5, 0.6) is 0 Å². The van der Waals surface area contributed by atoms with Gasteiger partial charge in [-0.2, -0.15) is 13.2 Å². The average Bonchev–Trinajstić information content (AvgIpc) is 2.13. The van der Waals surface area contributed by atoms with E-state index in [1.807, 2.05) is 0 Å². The Kier molecular flexibility index (Phi) is 3.30. The number of hydrogen-bond donors (Lipinski definition) is 1. The highest BCUT2D eigenvalue weighted by atomic mass is 19.4. The molecule has 0 saturated carbocycles. The van der Waals surface area contributed by atoms with E-state index in [2.05, 4.69) is 4.98 Å². The summed E-state index contributed by atoms with van der Waals surface area (Å²) in [7, 11) is 0. The number of aromatic carboxylic acids is 1. The highest BCUT2D eigenvalue weighted by molar-refractivity contribution is 5.85. The van der Waals surface area contributed by atoms with Crippen molar-refractivity contribution in [2.24, 2.45) is 0 Å². The van der Waals surface area contributed by atoms with E-state index < -0.39 is 41.3 Å². The van der Waals surface area contributed by atoms with Crippen LogP contribution in [-0.4, -0.2) is 16.1 Å². The second-order valence-corrected chi connectivity index (χ2v) is 2.85. The van der Waals surface area contributed by atoms with Gasteiger partial charge in [-0.25, -0.2) is 22.9 Å². The first-order valence-corrected chi connectivity index (χ1v) is 3.93. The molecule has 0 spiro atoms. The van der Waals surface area contributed by atoms with Gasteiger partial charge in [0.05, 0.1) is 0 Å². The van der Waals surface area contributed by atoms with E-state index in [0.29, 0.717) is 0 Å². The standard InChI is InChI=1S/C8H3F6NO2/c9-2-1-3(7(16)17)15-5(6(10)11)4(2)8(12,13)14/h1,6H,(H,16,17). The number of pyridine rings is 1. The van der Waals surface area contributed by atoms with Gasteiger partial charge in [-0.05, 0) is 0 Å². The Morgan fingerprint density at radius 3 is 2.24 bits per heavy atom. The van der Waals surface area contributed by atoms with Gasteiger partial charge in [0.15, 0.2) is 5.69 Å². The monoisotopic (exact) mass is 259 g/mol. The molecule has 3 nitrogen and oxygen atoms in total. The molecule has 0 fully saturated rings. The van der Waals surface area contributed by atoms with Crippen LogP contribution in [0.4, 0.5) is 26.3 Å². The number of halogens is 6. The molecule has 1 aromatic heterocycles. The molecule has 0 atom stereocenters. The Bertz CT molecular complexity index is 456. The van der Waals surface area contributed by atoms with Gasteiger partial charge in [0, 0.05) is 6.07 Å². The third-order valence-electron chi connectivity index (χ3n) is 1.71. The summed E-state index contributed by atoms with van der Waals surface area (Å²) in [4.78, 5) is 12.9. The van der Waals surface area contributed by atoms with Crippen LogP contribution in [0.25, 0.3) is 0 Å². The molecule has 94 valence electrons. The van der Waals surface area contributed by atoms with Crippen molar-refractivity contribution < 1.29 is 36.2 Å². The van der Waals surface area contributed by atoms with Crippen molar-refractivity contribution in [3.05, 3.63) is 28.8 Å². The summed E-state index contributed by atoms with van der Waals surface area (Å²) in [6.07, 6.45) is -9.11. The maximum absolute atomic E-state index is 13.0. The van der Waals surface area contributed by atoms with Crippen molar-refractivity contribution in [3.8, 4) is 0 Å². The topological polar surface area (TPSA) is 50.2 Å². The van der Waals surface area contributed by atoms with E-state index >= 15 is 0 Å². The van der Waals surface area contributed by atoms with Gasteiger partial charge in [-0.1, -0.05) is 0 Å². The highest BCUT2D eigenvalue weighted by Gasteiger charge is 2.40. The largest absolute Gasteiger partial charge is 0.477 e. The predicted octanol–water partition coefficient (Wildman–Crippen LogP) is 2.88. The van der Waals surface area contributed by atoms with Crippen molar-refractivity contribution >= 4 is 5.97 Å². The van der Waals surface area contributed by atoms with Crippen molar-refractivity contribution in [3.63, 3.8) is 0 Å². The van der Waals surface area contributed by atoms with Crippen LogP contribution in [0.15, 0.2) is 6.07 Å². The van der Waals surface area contributed by atoms with Gasteiger partial charge < -0.3 is 5.11 Å². The third kappa shape index (κ3) is 2.66. The highest BCUT2D eigenvalue weighted by Crippen LogP contribution is 2.37. The molecule has 0 saturated heterocycles. The summed E-state index contributed by atoms with van der Waals surface area (Å²) >= 11 is 0. The summed E-state index contributed by atoms with van der Waals surface area (Å²) < 4.78 is 74.2. The van der Waals surface area contributed by atoms with Crippen molar-refractivity contribution in [2.75, 3.05) is 0 Å². The third-order valence-corrected chi connectivity index (χ3v) is 1.71. The van der Waals surface area contributed by atoms with Crippen molar-refractivity contribution in [2.45, 2.75) is 12.6 Å². The van der Waals surface area contributed by atoms with E-state index in [1.54, 1.807) is 0 Å². The number of carboxylic acids is 1. The molecule has 1 N–H and O–H groups in total. The van der Waals surface area contributed by atoms with E-state index in [9.17, 15) is 31.1 Å². The Balaban J connectivity index is 3.55. The molecular formula is C8H3F6NO2. The molecule has 0 aliphatic heterocycles. The SMILES string of the molecule is O=C(O)c1cc(F)c(C(F)(F)F)c(C(F)F)n1. The minimum Gasteiger partial charge on any atom is -0.477 e. The molecule has 0 aliphatic rings. The minimum atomic E-state index is -5.38. The fourth-order valence-electron chi connectivity index (χ4n) is 1.08. The zero-order valence-corrected chi connectivity index (χ0v) is 7.73. The average molecular weight is 259 g/mol. The van der Waals surface area contributed by atoms with Crippen LogP contribution >= 0.6 is 0 Å². The predicted molar refractivity (Wildman–Crippen MR) is 41.1 cm³/mol. The molecule has 1 rings (SSSR count). The van der Waals surface area contributed by atoms with Gasteiger partial charge >= 0.3 is 12.1 Å². The summed E-state index contributed by atoms with van der Waals surface area (Å²) in [5, 5.41) is 8.35. The molecule has 0 amide bonds. The smallest absolute Gasteiger partial charge is 0.421 e. The lowest BCUT2D eigenvalue weighted by Gasteiger charge is -2.12. The molecule has 1 aromatic rings. The summed E-state index contributed by atoms with van der Waals surface area (Å²) in [6.45, 7) is 0. The van der Waals surface area contributed by atoms with E-state index in [-0.39, 0.29) is 6.07 Å². The molecule has 0 aliphatic carbocycles. The van der Waals surface area contributed by atoms with Crippen LogP contribution in [0.2, 0.25) is 0 Å². The Labute approximate surface area is 89.7 Å². The van der Waals surface area contributed by atoms with Crippen LogP contribution in [0.1, 0.15) is 28.2 Å². The van der Waals surface area contributed by atoms with Crippen molar-refractivity contribution in [1.82, 2.24) is 4.98 Å². The first-order valence-electron chi connectivity index (χ1n) is 3.93.